The van der Waals surface area contributed by atoms with E-state index in [1.807, 2.05) is 42.5 Å². The molecule has 0 radical (unpaired) electrons. The van der Waals surface area contributed by atoms with Crippen LogP contribution in [0.4, 0.5) is 0 Å². The normalized spacial score (nSPS) is 17.0. The predicted molar refractivity (Wildman–Crippen MR) is 117 cm³/mol. The molecule has 0 aliphatic carbocycles. The lowest BCUT2D eigenvalue weighted by atomic mass is 9.88. The summed E-state index contributed by atoms with van der Waals surface area (Å²) in [7, 11) is 1.62. The molecule has 1 N–H and O–H groups in total. The van der Waals surface area contributed by atoms with Gasteiger partial charge >= 0.3 is 0 Å². The quantitative estimate of drug-likeness (QED) is 0.552. The van der Waals surface area contributed by atoms with Gasteiger partial charge in [-0.05, 0) is 59.0 Å². The molecule has 0 aromatic heterocycles. The van der Waals surface area contributed by atoms with Crippen molar-refractivity contribution in [3.63, 3.8) is 0 Å². The fourth-order valence-corrected chi connectivity index (χ4v) is 3.59. The molecule has 1 unspecified atom stereocenters. The van der Waals surface area contributed by atoms with Gasteiger partial charge in [-0.1, -0.05) is 50.2 Å². The third-order valence-corrected chi connectivity index (χ3v) is 5.34. The first-order chi connectivity index (χ1) is 14.5. The molecule has 152 valence electrons. The van der Waals surface area contributed by atoms with Crippen molar-refractivity contribution < 1.29 is 19.4 Å². The zero-order valence-corrected chi connectivity index (χ0v) is 17.3. The molecular formula is C26H24O4. The lowest BCUT2D eigenvalue weighted by Crippen LogP contribution is -2.23. The Balaban J connectivity index is 1.80. The van der Waals surface area contributed by atoms with Crippen molar-refractivity contribution in [1.82, 2.24) is 0 Å². The van der Waals surface area contributed by atoms with Gasteiger partial charge in [0, 0.05) is 5.57 Å². The third-order valence-electron chi connectivity index (χ3n) is 5.34. The molecule has 3 aromatic rings. The van der Waals surface area contributed by atoms with Crippen LogP contribution in [-0.2, 0) is 0 Å². The Morgan fingerprint density at radius 2 is 1.70 bits per heavy atom. The van der Waals surface area contributed by atoms with Gasteiger partial charge < -0.3 is 14.6 Å². The van der Waals surface area contributed by atoms with E-state index in [2.05, 4.69) is 26.0 Å². The monoisotopic (exact) mass is 400 g/mol. The summed E-state index contributed by atoms with van der Waals surface area (Å²) < 4.78 is 11.5. The highest BCUT2D eigenvalue weighted by Crippen LogP contribution is 2.40. The Morgan fingerprint density at radius 1 is 1.00 bits per heavy atom. The lowest BCUT2D eigenvalue weighted by molar-refractivity contribution is 0.0963. The van der Waals surface area contributed by atoms with Crippen molar-refractivity contribution >= 4 is 11.9 Å². The molecule has 1 heterocycles. The molecule has 1 atom stereocenters. The van der Waals surface area contributed by atoms with Crippen molar-refractivity contribution in [2.75, 3.05) is 7.11 Å². The number of benzene rings is 3. The van der Waals surface area contributed by atoms with Crippen LogP contribution in [0.25, 0.3) is 6.08 Å². The Labute approximate surface area is 176 Å². The molecule has 0 spiro atoms. The van der Waals surface area contributed by atoms with Crippen LogP contribution in [0.5, 0.6) is 17.2 Å². The molecule has 0 amide bonds. The maximum Gasteiger partial charge on any atom is 0.196 e. The van der Waals surface area contributed by atoms with Gasteiger partial charge in [-0.15, -0.1) is 0 Å². The molecule has 1 aliphatic rings. The number of phenols is 1. The number of aromatic hydroxyl groups is 1. The van der Waals surface area contributed by atoms with E-state index in [1.165, 1.54) is 17.7 Å². The second kappa shape index (κ2) is 8.07. The molecule has 0 fully saturated rings. The number of rotatable bonds is 4. The van der Waals surface area contributed by atoms with E-state index in [0.717, 1.165) is 16.9 Å². The highest BCUT2D eigenvalue weighted by molar-refractivity contribution is 6.14. The van der Waals surface area contributed by atoms with E-state index in [4.69, 9.17) is 9.47 Å². The number of ether oxygens (including phenoxy) is 2. The first kappa shape index (κ1) is 19.8. The number of fused-ring (bicyclic) bond motifs is 1. The Bertz CT molecular complexity index is 1090. The highest BCUT2D eigenvalue weighted by Gasteiger charge is 2.33. The minimum atomic E-state index is -0.530. The topological polar surface area (TPSA) is 55.8 Å². The van der Waals surface area contributed by atoms with Gasteiger partial charge in [-0.25, -0.2) is 0 Å². The second-order valence-corrected chi connectivity index (χ2v) is 7.70. The summed E-state index contributed by atoms with van der Waals surface area (Å²) in [4.78, 5) is 13.4. The van der Waals surface area contributed by atoms with Crippen LogP contribution in [-0.4, -0.2) is 18.0 Å². The van der Waals surface area contributed by atoms with Crippen LogP contribution < -0.4 is 9.47 Å². The molecular weight excluding hydrogens is 376 g/mol. The summed E-state index contributed by atoms with van der Waals surface area (Å²) in [5.41, 5.74) is 3.90. The average Bonchev–Trinajstić information content (AvgIpc) is 2.76. The van der Waals surface area contributed by atoms with Gasteiger partial charge in [0.1, 0.15) is 17.2 Å². The van der Waals surface area contributed by atoms with E-state index in [1.54, 1.807) is 13.2 Å². The Kier molecular flexibility index (Phi) is 5.32. The fraction of sp³-hybridized carbons (Fsp3) is 0.192. The SMILES string of the molecule is COc1ccc(C=C2C(=O)c3cc(O)ccc3OC2c2ccc(C(C)C)cc2)cc1. The first-order valence-electron chi connectivity index (χ1n) is 9.96. The summed E-state index contributed by atoms with van der Waals surface area (Å²) in [6, 6.07) is 20.3. The lowest BCUT2D eigenvalue weighted by Gasteiger charge is -2.28. The number of hydrogen-bond acceptors (Lipinski definition) is 4. The van der Waals surface area contributed by atoms with E-state index >= 15 is 0 Å². The van der Waals surface area contributed by atoms with Gasteiger partial charge in [-0.3, -0.25) is 4.79 Å². The van der Waals surface area contributed by atoms with Crippen LogP contribution in [0.2, 0.25) is 0 Å². The molecule has 1 aliphatic heterocycles. The second-order valence-electron chi connectivity index (χ2n) is 7.70. The number of ketones is 1. The van der Waals surface area contributed by atoms with Crippen LogP contribution in [0.1, 0.15) is 52.9 Å². The summed E-state index contributed by atoms with van der Waals surface area (Å²) in [6.45, 7) is 4.29. The van der Waals surface area contributed by atoms with Gasteiger partial charge in [-0.2, -0.15) is 0 Å². The molecule has 4 nitrogen and oxygen atoms in total. The van der Waals surface area contributed by atoms with Gasteiger partial charge in [0.15, 0.2) is 11.9 Å². The van der Waals surface area contributed by atoms with Crippen molar-refractivity contribution in [2.24, 2.45) is 0 Å². The van der Waals surface area contributed by atoms with Crippen LogP contribution in [0.15, 0.2) is 72.3 Å². The summed E-state index contributed by atoms with van der Waals surface area (Å²) in [6.07, 6.45) is 1.31. The van der Waals surface area contributed by atoms with Crippen molar-refractivity contribution in [3.8, 4) is 17.2 Å². The molecule has 4 rings (SSSR count). The zero-order chi connectivity index (χ0) is 21.3. The Morgan fingerprint density at radius 3 is 2.33 bits per heavy atom. The standard InChI is InChI=1S/C26H24O4/c1-16(2)18-6-8-19(9-7-18)26-23(14-17-4-11-21(29-3)12-5-17)25(28)22-15-20(27)10-13-24(22)30-26/h4-16,26-27H,1-3H3. The molecule has 4 heteroatoms. The van der Waals surface area contributed by atoms with Crippen molar-refractivity contribution in [3.05, 3.63) is 94.6 Å². The molecule has 0 saturated heterocycles. The maximum absolute atomic E-state index is 13.4. The van der Waals surface area contributed by atoms with Crippen molar-refractivity contribution in [2.45, 2.75) is 25.9 Å². The molecule has 30 heavy (non-hydrogen) atoms. The minimum Gasteiger partial charge on any atom is -0.508 e. The number of carbonyl (C=O) groups is 1. The summed E-state index contributed by atoms with van der Waals surface area (Å²) in [5, 5.41) is 9.86. The largest absolute Gasteiger partial charge is 0.508 e. The molecule has 0 bridgehead atoms. The van der Waals surface area contributed by atoms with Crippen LogP contribution in [0, 0.1) is 0 Å². The van der Waals surface area contributed by atoms with E-state index < -0.39 is 6.10 Å². The van der Waals surface area contributed by atoms with E-state index in [-0.39, 0.29) is 11.5 Å². The van der Waals surface area contributed by atoms with Crippen LogP contribution >= 0.6 is 0 Å². The number of Topliss-reactive ketones (excluding diaryl/α,β-unsaturated/α-hetero) is 1. The van der Waals surface area contributed by atoms with Gasteiger partial charge in [0.2, 0.25) is 0 Å². The van der Waals surface area contributed by atoms with Crippen LogP contribution in [0.3, 0.4) is 0 Å². The Hall–Kier alpha value is -3.53. The van der Waals surface area contributed by atoms with Gasteiger partial charge in [0.05, 0.1) is 12.7 Å². The third kappa shape index (κ3) is 3.81. The van der Waals surface area contributed by atoms with E-state index in [0.29, 0.717) is 22.8 Å². The predicted octanol–water partition coefficient (Wildman–Crippen LogP) is 5.92. The van der Waals surface area contributed by atoms with E-state index in [9.17, 15) is 9.90 Å². The zero-order valence-electron chi connectivity index (χ0n) is 17.3. The highest BCUT2D eigenvalue weighted by atomic mass is 16.5. The van der Waals surface area contributed by atoms with Crippen molar-refractivity contribution in [1.29, 1.82) is 0 Å². The van der Waals surface area contributed by atoms with Gasteiger partial charge in [0.25, 0.3) is 0 Å². The summed E-state index contributed by atoms with van der Waals surface area (Å²) >= 11 is 0. The number of phenolic OH excluding ortho intramolecular Hbond substituents is 1. The summed E-state index contributed by atoms with van der Waals surface area (Å²) in [5.74, 6) is 1.53. The number of hydrogen-bond donors (Lipinski definition) is 1. The fourth-order valence-electron chi connectivity index (χ4n) is 3.59. The number of methoxy groups -OCH3 is 1. The first-order valence-corrected chi connectivity index (χ1v) is 9.96. The number of carbonyl (C=O) groups excluding carboxylic acids is 1. The smallest absolute Gasteiger partial charge is 0.196 e. The average molecular weight is 400 g/mol. The molecule has 0 saturated carbocycles. The molecule has 3 aromatic carbocycles. The maximum atomic E-state index is 13.4. The minimum absolute atomic E-state index is 0.0363.